The molecule has 0 radical (unpaired) electrons. The summed E-state index contributed by atoms with van der Waals surface area (Å²) in [4.78, 5) is 7.97. The fourth-order valence-corrected chi connectivity index (χ4v) is 0.908. The van der Waals surface area contributed by atoms with Gasteiger partial charge in [0.05, 0.1) is 0 Å². The van der Waals surface area contributed by atoms with E-state index in [2.05, 4.69) is 23.8 Å². The molecule has 0 amide bonds. The standard InChI is InChI=1S/C10H16N4O/c1-6(2)7(3)15-10-8(9(11)12)13-4-5-14-10/h4-7H,1-3H3,(H3,11,12). The van der Waals surface area contributed by atoms with Crippen LogP contribution in [0.3, 0.4) is 0 Å². The lowest BCUT2D eigenvalue weighted by atomic mass is 10.1. The smallest absolute Gasteiger partial charge is 0.244 e. The molecule has 0 bridgehead atoms. The van der Waals surface area contributed by atoms with Crippen LogP contribution in [-0.4, -0.2) is 21.9 Å². The van der Waals surface area contributed by atoms with Crippen molar-refractivity contribution in [2.24, 2.45) is 11.7 Å². The Morgan fingerprint density at radius 1 is 1.33 bits per heavy atom. The first-order valence-electron chi connectivity index (χ1n) is 4.84. The molecule has 0 aliphatic rings. The number of nitrogens with one attached hydrogen (secondary N) is 1. The second-order valence-electron chi connectivity index (χ2n) is 3.69. The molecule has 0 aliphatic heterocycles. The summed E-state index contributed by atoms with van der Waals surface area (Å²) in [6, 6.07) is 0. The van der Waals surface area contributed by atoms with Gasteiger partial charge in [0.1, 0.15) is 11.9 Å². The Morgan fingerprint density at radius 3 is 2.47 bits per heavy atom. The molecule has 1 aromatic rings. The van der Waals surface area contributed by atoms with Gasteiger partial charge >= 0.3 is 0 Å². The number of hydrogen-bond acceptors (Lipinski definition) is 4. The zero-order chi connectivity index (χ0) is 11.4. The van der Waals surface area contributed by atoms with E-state index in [4.69, 9.17) is 15.9 Å². The van der Waals surface area contributed by atoms with E-state index in [1.54, 1.807) is 0 Å². The Labute approximate surface area is 89.2 Å². The predicted molar refractivity (Wildman–Crippen MR) is 58.0 cm³/mol. The predicted octanol–water partition coefficient (Wildman–Crippen LogP) is 1.18. The van der Waals surface area contributed by atoms with Crippen molar-refractivity contribution in [2.75, 3.05) is 0 Å². The largest absolute Gasteiger partial charge is 0.473 e. The normalized spacial score (nSPS) is 12.5. The van der Waals surface area contributed by atoms with Crippen LogP contribution in [0.4, 0.5) is 0 Å². The highest BCUT2D eigenvalue weighted by atomic mass is 16.5. The maximum Gasteiger partial charge on any atom is 0.244 e. The van der Waals surface area contributed by atoms with Gasteiger partial charge in [0.15, 0.2) is 5.69 Å². The summed E-state index contributed by atoms with van der Waals surface area (Å²) >= 11 is 0. The Balaban J connectivity index is 2.89. The first-order chi connectivity index (χ1) is 7.02. The quantitative estimate of drug-likeness (QED) is 0.574. The topological polar surface area (TPSA) is 84.9 Å². The number of nitrogens with two attached hydrogens (primary N) is 1. The van der Waals surface area contributed by atoms with Crippen molar-refractivity contribution in [3.8, 4) is 5.88 Å². The molecular weight excluding hydrogens is 192 g/mol. The minimum Gasteiger partial charge on any atom is -0.473 e. The number of hydrogen-bond donors (Lipinski definition) is 2. The lowest BCUT2D eigenvalue weighted by molar-refractivity contribution is 0.162. The van der Waals surface area contributed by atoms with E-state index in [9.17, 15) is 0 Å². The third-order valence-electron chi connectivity index (χ3n) is 2.16. The summed E-state index contributed by atoms with van der Waals surface area (Å²) in [6.07, 6.45) is 3.03. The van der Waals surface area contributed by atoms with Crippen LogP contribution in [-0.2, 0) is 0 Å². The van der Waals surface area contributed by atoms with Gasteiger partial charge in [-0.3, -0.25) is 5.41 Å². The molecule has 82 valence electrons. The van der Waals surface area contributed by atoms with Crippen LogP contribution in [0.5, 0.6) is 5.88 Å². The Kier molecular flexibility index (Phi) is 3.60. The van der Waals surface area contributed by atoms with E-state index in [1.807, 2.05) is 6.92 Å². The monoisotopic (exact) mass is 208 g/mol. The number of nitrogens with zero attached hydrogens (tertiary/aromatic N) is 2. The van der Waals surface area contributed by atoms with Crippen LogP contribution < -0.4 is 10.5 Å². The highest BCUT2D eigenvalue weighted by molar-refractivity contribution is 5.94. The van der Waals surface area contributed by atoms with Gasteiger partial charge in [0.25, 0.3) is 0 Å². The Hall–Kier alpha value is -1.65. The van der Waals surface area contributed by atoms with Crippen molar-refractivity contribution in [1.82, 2.24) is 9.97 Å². The average Bonchev–Trinajstić information content (AvgIpc) is 2.18. The summed E-state index contributed by atoms with van der Waals surface area (Å²) in [6.45, 7) is 6.05. The van der Waals surface area contributed by atoms with Crippen LogP contribution in [0.15, 0.2) is 12.4 Å². The van der Waals surface area contributed by atoms with Gasteiger partial charge in [-0.05, 0) is 12.8 Å². The van der Waals surface area contributed by atoms with Crippen molar-refractivity contribution in [1.29, 1.82) is 5.41 Å². The summed E-state index contributed by atoms with van der Waals surface area (Å²) in [5, 5.41) is 7.32. The van der Waals surface area contributed by atoms with E-state index in [0.29, 0.717) is 17.5 Å². The van der Waals surface area contributed by atoms with Crippen LogP contribution >= 0.6 is 0 Å². The van der Waals surface area contributed by atoms with Crippen molar-refractivity contribution < 1.29 is 4.74 Å². The molecule has 15 heavy (non-hydrogen) atoms. The van der Waals surface area contributed by atoms with Crippen molar-refractivity contribution >= 4 is 5.84 Å². The van der Waals surface area contributed by atoms with E-state index < -0.39 is 0 Å². The molecule has 0 aromatic carbocycles. The van der Waals surface area contributed by atoms with Crippen LogP contribution in [0.1, 0.15) is 26.5 Å². The summed E-state index contributed by atoms with van der Waals surface area (Å²) in [5.41, 5.74) is 5.66. The highest BCUT2D eigenvalue weighted by Crippen LogP contribution is 2.15. The molecular formula is C10H16N4O. The third-order valence-corrected chi connectivity index (χ3v) is 2.16. The number of ether oxygens (including phenoxy) is 1. The van der Waals surface area contributed by atoms with Gasteiger partial charge in [-0.2, -0.15) is 0 Å². The lowest BCUT2D eigenvalue weighted by Crippen LogP contribution is -2.23. The van der Waals surface area contributed by atoms with Crippen molar-refractivity contribution in [3.05, 3.63) is 18.1 Å². The molecule has 0 aliphatic carbocycles. The van der Waals surface area contributed by atoms with Crippen molar-refractivity contribution in [3.63, 3.8) is 0 Å². The molecule has 0 saturated heterocycles. The van der Waals surface area contributed by atoms with Crippen molar-refractivity contribution in [2.45, 2.75) is 26.9 Å². The maximum absolute atomic E-state index is 7.32. The lowest BCUT2D eigenvalue weighted by Gasteiger charge is -2.18. The van der Waals surface area contributed by atoms with Crippen LogP contribution in [0, 0.1) is 11.3 Å². The molecule has 0 fully saturated rings. The van der Waals surface area contributed by atoms with Crippen LogP contribution in [0.2, 0.25) is 0 Å². The third kappa shape index (κ3) is 2.90. The molecule has 1 unspecified atom stereocenters. The van der Waals surface area contributed by atoms with Gasteiger partial charge in [0.2, 0.25) is 5.88 Å². The molecule has 0 saturated carbocycles. The number of amidine groups is 1. The molecule has 1 aromatic heterocycles. The molecule has 5 heteroatoms. The second-order valence-corrected chi connectivity index (χ2v) is 3.69. The van der Waals surface area contributed by atoms with E-state index in [1.165, 1.54) is 12.4 Å². The Bertz CT molecular complexity index is 351. The highest BCUT2D eigenvalue weighted by Gasteiger charge is 2.14. The zero-order valence-corrected chi connectivity index (χ0v) is 9.19. The first kappa shape index (κ1) is 11.4. The SMILES string of the molecule is CC(C)C(C)Oc1nccnc1C(=N)N. The summed E-state index contributed by atoms with van der Waals surface area (Å²) in [7, 11) is 0. The fourth-order valence-electron chi connectivity index (χ4n) is 0.908. The molecule has 3 N–H and O–H groups in total. The number of aromatic nitrogens is 2. The zero-order valence-electron chi connectivity index (χ0n) is 9.19. The molecule has 0 spiro atoms. The van der Waals surface area contributed by atoms with E-state index in [-0.39, 0.29) is 11.9 Å². The maximum atomic E-state index is 7.32. The molecule has 1 rings (SSSR count). The van der Waals surface area contributed by atoms with Gasteiger partial charge < -0.3 is 10.5 Å². The minimum atomic E-state index is -0.131. The summed E-state index contributed by atoms with van der Waals surface area (Å²) in [5.74, 6) is 0.562. The Morgan fingerprint density at radius 2 is 1.93 bits per heavy atom. The first-order valence-corrected chi connectivity index (χ1v) is 4.84. The van der Waals surface area contributed by atoms with E-state index in [0.717, 1.165) is 0 Å². The van der Waals surface area contributed by atoms with Gasteiger partial charge in [-0.15, -0.1) is 0 Å². The minimum absolute atomic E-state index is 0.0137. The van der Waals surface area contributed by atoms with E-state index >= 15 is 0 Å². The summed E-state index contributed by atoms with van der Waals surface area (Å²) < 4.78 is 5.57. The second kappa shape index (κ2) is 4.72. The van der Waals surface area contributed by atoms with Gasteiger partial charge in [-0.25, -0.2) is 9.97 Å². The average molecular weight is 208 g/mol. The van der Waals surface area contributed by atoms with Crippen LogP contribution in [0.25, 0.3) is 0 Å². The number of rotatable bonds is 4. The van der Waals surface area contributed by atoms with Gasteiger partial charge in [-0.1, -0.05) is 13.8 Å². The fraction of sp³-hybridized carbons (Fsp3) is 0.500. The molecule has 5 nitrogen and oxygen atoms in total. The molecule has 1 heterocycles. The molecule has 1 atom stereocenters. The number of nitrogen functional groups attached to an aromatic ring is 1. The van der Waals surface area contributed by atoms with Gasteiger partial charge in [0, 0.05) is 12.4 Å².